The van der Waals surface area contributed by atoms with E-state index in [-0.39, 0.29) is 0 Å². The van der Waals surface area contributed by atoms with Gasteiger partial charge in [-0.1, -0.05) is 59.2 Å². The second-order valence-corrected chi connectivity index (χ2v) is 7.21. The Morgan fingerprint density at radius 3 is 2.20 bits per heavy atom. The van der Waals surface area contributed by atoms with Gasteiger partial charge in [0, 0.05) is 21.4 Å². The largest absolute Gasteiger partial charge is 0.212 e. The van der Waals surface area contributed by atoms with Crippen LogP contribution >= 0.6 is 35.0 Å². The van der Waals surface area contributed by atoms with Gasteiger partial charge in [-0.3, -0.25) is 0 Å². The highest BCUT2D eigenvalue weighted by Crippen LogP contribution is 2.24. The first kappa shape index (κ1) is 16.4. The van der Waals surface area contributed by atoms with Crippen molar-refractivity contribution < 1.29 is 0 Å². The summed E-state index contributed by atoms with van der Waals surface area (Å²) in [7, 11) is 0. The summed E-state index contributed by atoms with van der Waals surface area (Å²) in [5.41, 5.74) is 3.72. The van der Waals surface area contributed by atoms with Crippen LogP contribution in [0.4, 0.5) is 0 Å². The molecule has 0 N–H and O–H groups in total. The third kappa shape index (κ3) is 3.63. The number of benzene rings is 2. The Balaban J connectivity index is 1.62. The maximum atomic E-state index is 5.95. The van der Waals surface area contributed by atoms with Crippen LogP contribution in [0.3, 0.4) is 0 Å². The monoisotopic (exact) mass is 386 g/mol. The van der Waals surface area contributed by atoms with Gasteiger partial charge in [0.15, 0.2) is 5.65 Å². The molecule has 0 atom stereocenters. The standard InChI is InChI=1S/C18H12Cl2N4S/c19-14-5-1-12(2-6-14)11-25-18-22-21-17-10-9-16(23-24(17)18)13-3-7-15(20)8-4-13/h1-10H,11H2. The maximum absolute atomic E-state index is 5.95. The third-order valence-electron chi connectivity index (χ3n) is 3.66. The highest BCUT2D eigenvalue weighted by Gasteiger charge is 2.10. The van der Waals surface area contributed by atoms with E-state index in [1.807, 2.05) is 60.7 Å². The number of fused-ring (bicyclic) bond motifs is 1. The molecule has 2 heterocycles. The minimum Gasteiger partial charge on any atom is -0.187 e. The molecular weight excluding hydrogens is 375 g/mol. The zero-order valence-corrected chi connectivity index (χ0v) is 15.3. The highest BCUT2D eigenvalue weighted by atomic mass is 35.5. The topological polar surface area (TPSA) is 43.1 Å². The number of hydrogen-bond donors (Lipinski definition) is 0. The van der Waals surface area contributed by atoms with Crippen molar-refractivity contribution in [3.8, 4) is 11.3 Å². The van der Waals surface area contributed by atoms with Crippen LogP contribution in [0.25, 0.3) is 16.9 Å². The van der Waals surface area contributed by atoms with Crippen molar-refractivity contribution in [2.75, 3.05) is 0 Å². The normalized spacial score (nSPS) is 11.1. The summed E-state index contributed by atoms with van der Waals surface area (Å²) < 4.78 is 1.77. The summed E-state index contributed by atoms with van der Waals surface area (Å²) in [5.74, 6) is 0.769. The Morgan fingerprint density at radius 1 is 0.800 bits per heavy atom. The fraction of sp³-hybridized carbons (Fsp3) is 0.0556. The molecule has 0 aliphatic rings. The number of aromatic nitrogens is 4. The molecule has 0 radical (unpaired) electrons. The smallest absolute Gasteiger partial charge is 0.187 e. The van der Waals surface area contributed by atoms with Crippen molar-refractivity contribution in [2.45, 2.75) is 10.9 Å². The molecule has 25 heavy (non-hydrogen) atoms. The van der Waals surface area contributed by atoms with Gasteiger partial charge in [-0.05, 0) is 42.0 Å². The van der Waals surface area contributed by atoms with E-state index in [0.29, 0.717) is 5.02 Å². The SMILES string of the molecule is Clc1ccc(CSc2nnc3ccc(-c4ccc(Cl)cc4)nn23)cc1. The molecule has 0 saturated carbocycles. The van der Waals surface area contributed by atoms with E-state index in [1.165, 1.54) is 5.56 Å². The van der Waals surface area contributed by atoms with Crippen LogP contribution in [0.15, 0.2) is 65.8 Å². The minimum atomic E-state index is 0.702. The number of nitrogens with zero attached hydrogens (tertiary/aromatic N) is 4. The number of thioether (sulfide) groups is 1. The molecular formula is C18H12Cl2N4S. The first-order valence-corrected chi connectivity index (χ1v) is 9.29. The molecule has 0 saturated heterocycles. The highest BCUT2D eigenvalue weighted by molar-refractivity contribution is 7.98. The Labute approximate surface area is 158 Å². The van der Waals surface area contributed by atoms with E-state index in [9.17, 15) is 0 Å². The van der Waals surface area contributed by atoms with Gasteiger partial charge in [-0.2, -0.15) is 9.61 Å². The average molecular weight is 387 g/mol. The summed E-state index contributed by atoms with van der Waals surface area (Å²) in [6, 6.07) is 19.2. The van der Waals surface area contributed by atoms with Gasteiger partial charge in [0.1, 0.15) is 0 Å². The van der Waals surface area contributed by atoms with Crippen molar-refractivity contribution in [2.24, 2.45) is 0 Å². The fourth-order valence-electron chi connectivity index (χ4n) is 2.36. The Morgan fingerprint density at radius 2 is 1.48 bits per heavy atom. The molecule has 124 valence electrons. The van der Waals surface area contributed by atoms with Crippen LogP contribution < -0.4 is 0 Å². The summed E-state index contributed by atoms with van der Waals surface area (Å²) in [6.07, 6.45) is 0. The van der Waals surface area contributed by atoms with Crippen LogP contribution in [0.1, 0.15) is 5.56 Å². The van der Waals surface area contributed by atoms with Crippen molar-refractivity contribution >= 4 is 40.6 Å². The predicted octanol–water partition coefficient (Wildman–Crippen LogP) is 5.39. The lowest BCUT2D eigenvalue weighted by Crippen LogP contribution is -1.96. The van der Waals surface area contributed by atoms with E-state index in [1.54, 1.807) is 16.3 Å². The molecule has 0 aliphatic heterocycles. The van der Waals surface area contributed by atoms with Gasteiger partial charge in [-0.25, -0.2) is 0 Å². The van der Waals surface area contributed by atoms with E-state index in [0.717, 1.165) is 32.8 Å². The lowest BCUT2D eigenvalue weighted by Gasteiger charge is -2.04. The number of halogens is 2. The van der Waals surface area contributed by atoms with Crippen LogP contribution in [-0.2, 0) is 5.75 Å². The molecule has 4 nitrogen and oxygen atoms in total. The maximum Gasteiger partial charge on any atom is 0.212 e. The Hall–Kier alpha value is -2.08. The zero-order chi connectivity index (χ0) is 17.2. The van der Waals surface area contributed by atoms with Crippen molar-refractivity contribution in [3.63, 3.8) is 0 Å². The van der Waals surface area contributed by atoms with Gasteiger partial charge in [0.2, 0.25) is 5.16 Å². The van der Waals surface area contributed by atoms with Crippen LogP contribution in [0.5, 0.6) is 0 Å². The summed E-state index contributed by atoms with van der Waals surface area (Å²) in [5, 5.41) is 15.3. The van der Waals surface area contributed by atoms with Crippen LogP contribution in [-0.4, -0.2) is 19.8 Å². The van der Waals surface area contributed by atoms with Gasteiger partial charge in [0.05, 0.1) is 5.69 Å². The quantitative estimate of drug-likeness (QED) is 0.441. The molecule has 0 amide bonds. The van der Waals surface area contributed by atoms with E-state index in [4.69, 9.17) is 23.2 Å². The van der Waals surface area contributed by atoms with Gasteiger partial charge < -0.3 is 0 Å². The molecule has 2 aromatic carbocycles. The molecule has 0 bridgehead atoms. The van der Waals surface area contributed by atoms with Crippen molar-refractivity contribution in [1.82, 2.24) is 19.8 Å². The summed E-state index contributed by atoms with van der Waals surface area (Å²) >= 11 is 13.5. The molecule has 0 unspecified atom stereocenters. The van der Waals surface area contributed by atoms with Gasteiger partial charge >= 0.3 is 0 Å². The van der Waals surface area contributed by atoms with E-state index in [2.05, 4.69) is 15.3 Å². The molecule has 4 rings (SSSR count). The molecule has 7 heteroatoms. The van der Waals surface area contributed by atoms with Crippen LogP contribution in [0, 0.1) is 0 Å². The first-order chi connectivity index (χ1) is 12.2. The molecule has 4 aromatic rings. The van der Waals surface area contributed by atoms with Crippen molar-refractivity contribution in [1.29, 1.82) is 0 Å². The predicted molar refractivity (Wildman–Crippen MR) is 102 cm³/mol. The lowest BCUT2D eigenvalue weighted by atomic mass is 10.1. The molecule has 2 aromatic heterocycles. The third-order valence-corrected chi connectivity index (χ3v) is 5.15. The lowest BCUT2D eigenvalue weighted by molar-refractivity contribution is 0.813. The first-order valence-electron chi connectivity index (χ1n) is 7.55. The molecule has 0 spiro atoms. The fourth-order valence-corrected chi connectivity index (χ4v) is 3.46. The van der Waals surface area contributed by atoms with E-state index >= 15 is 0 Å². The number of hydrogen-bond acceptors (Lipinski definition) is 4. The Bertz CT molecular complexity index is 1010. The average Bonchev–Trinajstić information content (AvgIpc) is 3.04. The van der Waals surface area contributed by atoms with Crippen LogP contribution in [0.2, 0.25) is 10.0 Å². The molecule has 0 aliphatic carbocycles. The van der Waals surface area contributed by atoms with Gasteiger partial charge in [0.25, 0.3) is 0 Å². The van der Waals surface area contributed by atoms with Crippen molar-refractivity contribution in [3.05, 3.63) is 76.3 Å². The summed E-state index contributed by atoms with van der Waals surface area (Å²) in [6.45, 7) is 0. The van der Waals surface area contributed by atoms with E-state index < -0.39 is 0 Å². The zero-order valence-electron chi connectivity index (χ0n) is 12.9. The molecule has 0 fully saturated rings. The van der Waals surface area contributed by atoms with Gasteiger partial charge in [-0.15, -0.1) is 10.2 Å². The number of rotatable bonds is 4. The second kappa shape index (κ2) is 7.04. The second-order valence-electron chi connectivity index (χ2n) is 5.39. The Kier molecular flexibility index (Phi) is 4.61. The minimum absolute atomic E-state index is 0.702. The summed E-state index contributed by atoms with van der Waals surface area (Å²) in [4.78, 5) is 0.